The maximum absolute atomic E-state index is 12.3. The predicted octanol–water partition coefficient (Wildman–Crippen LogP) is 4.53. The van der Waals surface area contributed by atoms with Crippen LogP contribution in [0, 0.1) is 6.92 Å². The van der Waals surface area contributed by atoms with Gasteiger partial charge in [0.1, 0.15) is 5.69 Å². The number of amides is 1. The van der Waals surface area contributed by atoms with Crippen molar-refractivity contribution in [2.45, 2.75) is 33.6 Å². The van der Waals surface area contributed by atoms with Crippen LogP contribution < -0.4 is 4.90 Å². The Balaban J connectivity index is 2.49. The number of rotatable bonds is 5. The van der Waals surface area contributed by atoms with Gasteiger partial charge in [-0.15, -0.1) is 0 Å². The Bertz CT molecular complexity index is 774. The van der Waals surface area contributed by atoms with Crippen LogP contribution in [0.2, 0.25) is 0 Å². The number of nitrogens with zero attached hydrogens (tertiary/aromatic N) is 4. The van der Waals surface area contributed by atoms with Crippen molar-refractivity contribution in [3.63, 3.8) is 0 Å². The first kappa shape index (κ1) is 19.4. The van der Waals surface area contributed by atoms with Crippen molar-refractivity contribution >= 4 is 33.5 Å². The van der Waals surface area contributed by atoms with Crippen LogP contribution in [0.5, 0.6) is 0 Å². The van der Waals surface area contributed by atoms with E-state index in [0.717, 1.165) is 15.9 Å². The molecule has 2 aromatic rings. The van der Waals surface area contributed by atoms with E-state index in [4.69, 9.17) is 0 Å². The molecule has 1 amide bonds. The summed E-state index contributed by atoms with van der Waals surface area (Å²) in [4.78, 5) is 24.9. The highest BCUT2D eigenvalue weighted by Crippen LogP contribution is 2.33. The van der Waals surface area contributed by atoms with Crippen molar-refractivity contribution in [2.75, 3.05) is 25.5 Å². The summed E-state index contributed by atoms with van der Waals surface area (Å²) < 4.78 is 0.992. The Kier molecular flexibility index (Phi) is 6.16. The molecule has 0 aliphatic carbocycles. The quantitative estimate of drug-likeness (QED) is 0.734. The lowest BCUT2D eigenvalue weighted by Gasteiger charge is -2.24. The van der Waals surface area contributed by atoms with E-state index in [1.165, 1.54) is 10.5 Å². The van der Waals surface area contributed by atoms with E-state index in [1.54, 1.807) is 20.2 Å². The van der Waals surface area contributed by atoms with Crippen LogP contribution in [0.15, 0.2) is 28.7 Å². The molecule has 0 N–H and O–H groups in total. The lowest BCUT2D eigenvalue weighted by atomic mass is 10.0. The third kappa shape index (κ3) is 4.37. The number of halogens is 1. The van der Waals surface area contributed by atoms with Gasteiger partial charge in [0, 0.05) is 30.8 Å². The molecule has 0 fully saturated rings. The van der Waals surface area contributed by atoms with Crippen LogP contribution in [0.3, 0.4) is 0 Å². The molecular weight excluding hydrogens is 380 g/mol. The summed E-state index contributed by atoms with van der Waals surface area (Å²) in [5.74, 6) is 0.864. The molecule has 134 valence electrons. The molecule has 1 aromatic heterocycles. The van der Waals surface area contributed by atoms with Gasteiger partial charge in [-0.3, -0.25) is 4.79 Å². The molecule has 25 heavy (non-hydrogen) atoms. The highest BCUT2D eigenvalue weighted by molar-refractivity contribution is 9.10. The first-order valence-electron chi connectivity index (χ1n) is 8.38. The van der Waals surface area contributed by atoms with Gasteiger partial charge in [-0.1, -0.05) is 19.9 Å². The second kappa shape index (κ2) is 7.95. The molecule has 2 rings (SSSR count). The van der Waals surface area contributed by atoms with Crippen molar-refractivity contribution < 1.29 is 4.79 Å². The van der Waals surface area contributed by atoms with Crippen molar-refractivity contribution in [1.29, 1.82) is 0 Å². The molecule has 1 heterocycles. The number of hydrogen-bond acceptors (Lipinski definition) is 4. The van der Waals surface area contributed by atoms with E-state index in [1.807, 2.05) is 18.7 Å². The fourth-order valence-corrected chi connectivity index (χ4v) is 3.14. The fraction of sp³-hybridized carbons (Fsp3) is 0.421. The fourth-order valence-electron chi connectivity index (χ4n) is 2.53. The van der Waals surface area contributed by atoms with Gasteiger partial charge in [0.05, 0.1) is 5.69 Å². The van der Waals surface area contributed by atoms with Crippen molar-refractivity contribution in [2.24, 2.45) is 0 Å². The lowest BCUT2D eigenvalue weighted by Crippen LogP contribution is -2.25. The van der Waals surface area contributed by atoms with Crippen molar-refractivity contribution in [3.8, 4) is 0 Å². The summed E-state index contributed by atoms with van der Waals surface area (Å²) >= 11 is 3.67. The summed E-state index contributed by atoms with van der Waals surface area (Å²) in [7, 11) is 3.44. The Morgan fingerprint density at radius 3 is 2.40 bits per heavy atom. The zero-order chi connectivity index (χ0) is 18.7. The Morgan fingerprint density at radius 1 is 1.20 bits per heavy atom. The molecule has 0 radical (unpaired) electrons. The number of carbonyl (C=O) groups excluding carboxylic acids is 1. The highest BCUT2D eigenvalue weighted by Gasteiger charge is 2.18. The first-order valence-corrected chi connectivity index (χ1v) is 9.18. The average Bonchev–Trinajstić information content (AvgIpc) is 2.55. The molecule has 6 heteroatoms. The number of carbonyl (C=O) groups is 1. The second-order valence-corrected chi connectivity index (χ2v) is 7.36. The number of benzene rings is 1. The van der Waals surface area contributed by atoms with Gasteiger partial charge in [-0.25, -0.2) is 9.97 Å². The van der Waals surface area contributed by atoms with Crippen LogP contribution in [-0.4, -0.2) is 41.4 Å². The minimum atomic E-state index is -0.128. The van der Waals surface area contributed by atoms with E-state index in [9.17, 15) is 4.79 Å². The molecule has 0 aliphatic heterocycles. The van der Waals surface area contributed by atoms with E-state index in [2.05, 4.69) is 57.9 Å². The number of aryl methyl sites for hydroxylation is 1. The monoisotopic (exact) mass is 404 g/mol. The Morgan fingerprint density at radius 2 is 1.88 bits per heavy atom. The third-order valence-corrected chi connectivity index (χ3v) is 4.59. The van der Waals surface area contributed by atoms with Gasteiger partial charge in [0.2, 0.25) is 5.95 Å². The van der Waals surface area contributed by atoms with Crippen LogP contribution >= 0.6 is 15.9 Å². The number of aromatic nitrogens is 2. The normalized spacial score (nSPS) is 10.9. The lowest BCUT2D eigenvalue weighted by molar-refractivity contribution is 0.0821. The summed E-state index contributed by atoms with van der Waals surface area (Å²) in [6.45, 7) is 8.95. The average molecular weight is 405 g/mol. The van der Waals surface area contributed by atoms with Gasteiger partial charge < -0.3 is 9.80 Å². The predicted molar refractivity (Wildman–Crippen MR) is 106 cm³/mol. The maximum Gasteiger partial charge on any atom is 0.272 e. The standard InChI is InChI=1S/C19H25BrN4O/c1-7-24(17-9-8-14(12(2)3)11-15(17)20)19-21-13(4)10-16(22-19)18(25)23(5)6/h8-12H,7H2,1-6H3. The van der Waals surface area contributed by atoms with Crippen LogP contribution in [0.4, 0.5) is 11.6 Å². The van der Waals surface area contributed by atoms with Gasteiger partial charge in [-0.2, -0.15) is 0 Å². The van der Waals surface area contributed by atoms with E-state index >= 15 is 0 Å². The molecule has 0 unspecified atom stereocenters. The highest BCUT2D eigenvalue weighted by atomic mass is 79.9. The molecule has 5 nitrogen and oxygen atoms in total. The number of hydrogen-bond donors (Lipinski definition) is 0. The van der Waals surface area contributed by atoms with E-state index in [-0.39, 0.29) is 5.91 Å². The van der Waals surface area contributed by atoms with Crippen LogP contribution in [-0.2, 0) is 0 Å². The molecule has 0 saturated carbocycles. The smallest absolute Gasteiger partial charge is 0.272 e. The van der Waals surface area contributed by atoms with Crippen LogP contribution in [0.1, 0.15) is 48.4 Å². The zero-order valence-electron chi connectivity index (χ0n) is 15.7. The molecule has 0 aliphatic rings. The largest absolute Gasteiger partial charge is 0.343 e. The molecule has 0 bridgehead atoms. The summed E-state index contributed by atoms with van der Waals surface area (Å²) in [5, 5.41) is 0. The van der Waals surface area contributed by atoms with E-state index < -0.39 is 0 Å². The molecule has 0 atom stereocenters. The summed E-state index contributed by atoms with van der Waals surface area (Å²) in [6.07, 6.45) is 0. The topological polar surface area (TPSA) is 49.3 Å². The van der Waals surface area contributed by atoms with E-state index in [0.29, 0.717) is 24.1 Å². The molecule has 0 saturated heterocycles. The summed E-state index contributed by atoms with van der Waals surface area (Å²) in [5.41, 5.74) is 3.42. The Labute approximate surface area is 158 Å². The Hall–Kier alpha value is -1.95. The minimum Gasteiger partial charge on any atom is -0.343 e. The summed E-state index contributed by atoms with van der Waals surface area (Å²) in [6, 6.07) is 8.04. The SMILES string of the molecule is CCN(c1nc(C)cc(C(=O)N(C)C)n1)c1ccc(C(C)C)cc1Br. The molecule has 1 aromatic carbocycles. The zero-order valence-corrected chi connectivity index (χ0v) is 17.3. The van der Waals surface area contributed by atoms with Crippen LogP contribution in [0.25, 0.3) is 0 Å². The number of anilines is 2. The van der Waals surface area contributed by atoms with Gasteiger partial charge in [0.25, 0.3) is 5.91 Å². The van der Waals surface area contributed by atoms with Gasteiger partial charge in [0.15, 0.2) is 0 Å². The van der Waals surface area contributed by atoms with Crippen molar-refractivity contribution in [3.05, 3.63) is 45.7 Å². The first-order chi connectivity index (χ1) is 11.7. The maximum atomic E-state index is 12.3. The van der Waals surface area contributed by atoms with Gasteiger partial charge in [-0.05, 0) is 59.5 Å². The molecular formula is C19H25BrN4O. The third-order valence-electron chi connectivity index (χ3n) is 3.95. The second-order valence-electron chi connectivity index (χ2n) is 6.50. The van der Waals surface area contributed by atoms with Crippen molar-refractivity contribution in [1.82, 2.24) is 14.9 Å². The molecule has 0 spiro atoms. The van der Waals surface area contributed by atoms with Gasteiger partial charge >= 0.3 is 0 Å². The minimum absolute atomic E-state index is 0.128.